The Labute approximate surface area is 117 Å². The number of hydrazine groups is 1. The van der Waals surface area contributed by atoms with Crippen LogP contribution in [0.25, 0.3) is 0 Å². The monoisotopic (exact) mass is 271 g/mol. The number of aromatic nitrogens is 1. The van der Waals surface area contributed by atoms with Crippen LogP contribution in [0.15, 0.2) is 28.7 Å². The van der Waals surface area contributed by atoms with Gasteiger partial charge in [0.25, 0.3) is 5.91 Å². The molecule has 1 aromatic carbocycles. The average Bonchev–Trinajstić information content (AvgIpc) is 2.78. The summed E-state index contributed by atoms with van der Waals surface area (Å²) in [6, 6.07) is 8.12. The zero-order chi connectivity index (χ0) is 14.1. The van der Waals surface area contributed by atoms with Crippen LogP contribution < -0.4 is 10.4 Å². The molecule has 104 valence electrons. The molecule has 0 saturated heterocycles. The fourth-order valence-electron chi connectivity index (χ4n) is 2.56. The van der Waals surface area contributed by atoms with Crippen LogP contribution in [-0.2, 0) is 6.42 Å². The molecule has 0 unspecified atom stereocenters. The summed E-state index contributed by atoms with van der Waals surface area (Å²) in [6.07, 6.45) is 2.07. The Morgan fingerprint density at radius 3 is 2.90 bits per heavy atom. The van der Waals surface area contributed by atoms with Gasteiger partial charge in [0.15, 0.2) is 11.6 Å². The number of amides is 1. The number of carbonyl (C=O) groups is 1. The Morgan fingerprint density at radius 1 is 1.35 bits per heavy atom. The molecule has 0 radical (unpaired) electrons. The summed E-state index contributed by atoms with van der Waals surface area (Å²) in [5, 5.41) is 1.89. The van der Waals surface area contributed by atoms with E-state index in [0.29, 0.717) is 17.3 Å². The minimum atomic E-state index is -0.226. The molecule has 0 bridgehead atoms. The topological polar surface area (TPSA) is 58.4 Å². The van der Waals surface area contributed by atoms with Crippen molar-refractivity contribution in [1.82, 2.24) is 10.4 Å². The molecule has 0 aliphatic carbocycles. The summed E-state index contributed by atoms with van der Waals surface area (Å²) >= 11 is 0. The van der Waals surface area contributed by atoms with Gasteiger partial charge >= 0.3 is 0 Å². The van der Waals surface area contributed by atoms with Crippen molar-refractivity contribution in [3.8, 4) is 0 Å². The molecule has 0 fully saturated rings. The van der Waals surface area contributed by atoms with Gasteiger partial charge in [0.1, 0.15) is 5.76 Å². The number of benzene rings is 1. The van der Waals surface area contributed by atoms with Gasteiger partial charge in [0.2, 0.25) is 0 Å². The first-order valence-corrected chi connectivity index (χ1v) is 6.75. The quantitative estimate of drug-likeness (QED) is 0.911. The van der Waals surface area contributed by atoms with Gasteiger partial charge in [-0.2, -0.15) is 0 Å². The van der Waals surface area contributed by atoms with Gasteiger partial charge in [0.05, 0.1) is 5.69 Å². The second kappa shape index (κ2) is 5.00. The lowest BCUT2D eigenvalue weighted by molar-refractivity contribution is 0.0942. The highest BCUT2D eigenvalue weighted by atomic mass is 16.4. The minimum Gasteiger partial charge on any atom is -0.445 e. The molecule has 1 N–H and O–H groups in total. The summed E-state index contributed by atoms with van der Waals surface area (Å²) < 4.78 is 5.30. The Balaban J connectivity index is 1.82. The first-order chi connectivity index (χ1) is 9.65. The number of hydrogen-bond donors (Lipinski definition) is 1. The minimum absolute atomic E-state index is 0.226. The number of carbonyl (C=O) groups excluding carboxylic acids is 1. The van der Waals surface area contributed by atoms with Crippen molar-refractivity contribution in [1.29, 1.82) is 0 Å². The summed E-state index contributed by atoms with van der Waals surface area (Å²) in [5.41, 5.74) is 5.59. The van der Waals surface area contributed by atoms with Crippen LogP contribution in [-0.4, -0.2) is 17.4 Å². The van der Waals surface area contributed by atoms with Gasteiger partial charge in [-0.25, -0.2) is 4.98 Å². The number of aryl methyl sites for hydroxylation is 3. The molecule has 0 atom stereocenters. The highest BCUT2D eigenvalue weighted by Gasteiger charge is 2.21. The lowest BCUT2D eigenvalue weighted by Crippen LogP contribution is -2.45. The Kier molecular flexibility index (Phi) is 3.18. The van der Waals surface area contributed by atoms with Crippen molar-refractivity contribution >= 4 is 11.6 Å². The van der Waals surface area contributed by atoms with Gasteiger partial charge < -0.3 is 4.42 Å². The van der Waals surface area contributed by atoms with E-state index in [1.165, 1.54) is 5.56 Å². The molecule has 2 heterocycles. The number of para-hydroxylation sites is 1. The average molecular weight is 271 g/mol. The summed E-state index contributed by atoms with van der Waals surface area (Å²) in [6.45, 7) is 4.29. The van der Waals surface area contributed by atoms with E-state index < -0.39 is 0 Å². The second-order valence-electron chi connectivity index (χ2n) is 4.96. The van der Waals surface area contributed by atoms with Crippen molar-refractivity contribution < 1.29 is 9.21 Å². The number of nitrogens with one attached hydrogen (secondary N) is 1. The van der Waals surface area contributed by atoms with E-state index in [0.717, 1.165) is 25.1 Å². The van der Waals surface area contributed by atoms with E-state index in [-0.39, 0.29) is 5.91 Å². The van der Waals surface area contributed by atoms with Crippen molar-refractivity contribution in [2.45, 2.75) is 26.7 Å². The standard InChI is InChI=1S/C15H17N3O2/c1-10-14(16-11(2)20-10)15(19)17-18-9-5-7-12-6-3-4-8-13(12)18/h3-4,6,8H,5,7,9H2,1-2H3,(H,17,19). The Bertz CT molecular complexity index is 648. The summed E-state index contributed by atoms with van der Waals surface area (Å²) in [5.74, 6) is 0.827. The van der Waals surface area contributed by atoms with E-state index in [4.69, 9.17) is 4.42 Å². The molecular formula is C15H17N3O2. The van der Waals surface area contributed by atoms with E-state index in [1.807, 2.05) is 23.2 Å². The molecule has 0 spiro atoms. The molecule has 2 aromatic rings. The van der Waals surface area contributed by atoms with Crippen LogP contribution >= 0.6 is 0 Å². The largest absolute Gasteiger partial charge is 0.445 e. The molecule has 1 aliphatic rings. The zero-order valence-electron chi connectivity index (χ0n) is 11.6. The number of fused-ring (bicyclic) bond motifs is 1. The molecular weight excluding hydrogens is 254 g/mol. The van der Waals surface area contributed by atoms with Crippen LogP contribution in [0, 0.1) is 13.8 Å². The number of hydrogen-bond acceptors (Lipinski definition) is 4. The van der Waals surface area contributed by atoms with Crippen molar-refractivity contribution in [2.75, 3.05) is 11.6 Å². The third-order valence-corrected chi connectivity index (χ3v) is 3.47. The first kappa shape index (κ1) is 12.7. The maximum absolute atomic E-state index is 12.3. The molecule has 5 nitrogen and oxygen atoms in total. The predicted molar refractivity (Wildman–Crippen MR) is 75.6 cm³/mol. The highest BCUT2D eigenvalue weighted by Crippen LogP contribution is 2.25. The molecule has 1 aromatic heterocycles. The third kappa shape index (κ3) is 2.27. The SMILES string of the molecule is Cc1nc(C(=O)NN2CCCc3ccccc32)c(C)o1. The number of rotatable bonds is 2. The third-order valence-electron chi connectivity index (χ3n) is 3.47. The molecule has 1 aliphatic heterocycles. The Hall–Kier alpha value is -2.30. The summed E-state index contributed by atoms with van der Waals surface area (Å²) in [7, 11) is 0. The molecule has 0 saturated carbocycles. The van der Waals surface area contributed by atoms with E-state index in [2.05, 4.69) is 16.5 Å². The molecule has 5 heteroatoms. The van der Waals surface area contributed by atoms with Gasteiger partial charge in [-0.3, -0.25) is 15.2 Å². The lowest BCUT2D eigenvalue weighted by Gasteiger charge is -2.31. The fourth-order valence-corrected chi connectivity index (χ4v) is 2.56. The van der Waals surface area contributed by atoms with Crippen LogP contribution in [0.4, 0.5) is 5.69 Å². The van der Waals surface area contributed by atoms with Crippen LogP contribution in [0.2, 0.25) is 0 Å². The zero-order valence-corrected chi connectivity index (χ0v) is 11.6. The molecule has 1 amide bonds. The van der Waals surface area contributed by atoms with Crippen LogP contribution in [0.1, 0.15) is 34.1 Å². The first-order valence-electron chi connectivity index (χ1n) is 6.75. The molecule has 20 heavy (non-hydrogen) atoms. The van der Waals surface area contributed by atoms with Gasteiger partial charge in [-0.15, -0.1) is 0 Å². The van der Waals surface area contributed by atoms with Crippen molar-refractivity contribution in [3.63, 3.8) is 0 Å². The maximum Gasteiger partial charge on any atom is 0.292 e. The lowest BCUT2D eigenvalue weighted by atomic mass is 10.0. The number of nitrogens with zero attached hydrogens (tertiary/aromatic N) is 2. The number of anilines is 1. The van der Waals surface area contributed by atoms with E-state index >= 15 is 0 Å². The Morgan fingerprint density at radius 2 is 2.15 bits per heavy atom. The highest BCUT2D eigenvalue weighted by molar-refractivity contribution is 5.94. The normalized spacial score (nSPS) is 14.0. The van der Waals surface area contributed by atoms with Crippen LogP contribution in [0.3, 0.4) is 0 Å². The number of oxazole rings is 1. The molecule has 3 rings (SSSR count). The van der Waals surface area contributed by atoms with Gasteiger partial charge in [0, 0.05) is 13.5 Å². The van der Waals surface area contributed by atoms with Gasteiger partial charge in [-0.05, 0) is 31.4 Å². The van der Waals surface area contributed by atoms with Crippen molar-refractivity contribution in [2.24, 2.45) is 0 Å². The second-order valence-corrected chi connectivity index (χ2v) is 4.96. The maximum atomic E-state index is 12.3. The van der Waals surface area contributed by atoms with E-state index in [9.17, 15) is 4.79 Å². The van der Waals surface area contributed by atoms with Crippen molar-refractivity contribution in [3.05, 3.63) is 47.2 Å². The van der Waals surface area contributed by atoms with Crippen LogP contribution in [0.5, 0.6) is 0 Å². The fraction of sp³-hybridized carbons (Fsp3) is 0.333. The summed E-state index contributed by atoms with van der Waals surface area (Å²) in [4.78, 5) is 16.4. The smallest absolute Gasteiger partial charge is 0.292 e. The predicted octanol–water partition coefficient (Wildman–Crippen LogP) is 2.39. The van der Waals surface area contributed by atoms with E-state index in [1.54, 1.807) is 13.8 Å². The van der Waals surface area contributed by atoms with Gasteiger partial charge in [-0.1, -0.05) is 18.2 Å².